The highest BCUT2D eigenvalue weighted by Crippen LogP contribution is 2.35. The third-order valence-corrected chi connectivity index (χ3v) is 5.21. The van der Waals surface area contributed by atoms with Gasteiger partial charge in [0.1, 0.15) is 5.75 Å². The van der Waals surface area contributed by atoms with Crippen molar-refractivity contribution in [2.45, 2.75) is 32.4 Å². The van der Waals surface area contributed by atoms with E-state index in [1.165, 1.54) is 29.5 Å². The molecule has 0 aliphatic heterocycles. The van der Waals surface area contributed by atoms with Crippen LogP contribution in [0.5, 0.6) is 5.75 Å². The third-order valence-electron chi connectivity index (χ3n) is 4.03. The third kappa shape index (κ3) is 3.39. The molecule has 2 nitrogen and oxygen atoms in total. The van der Waals surface area contributed by atoms with Crippen LogP contribution in [0.4, 0.5) is 0 Å². The first-order chi connectivity index (χ1) is 10.7. The number of nitrogens with one attached hydrogen (secondary N) is 1. The van der Waals surface area contributed by atoms with Crippen molar-refractivity contribution in [1.82, 2.24) is 5.32 Å². The van der Waals surface area contributed by atoms with E-state index in [0.29, 0.717) is 12.6 Å². The number of hydrogen-bond donors (Lipinski definition) is 1. The van der Waals surface area contributed by atoms with Gasteiger partial charge in [0.05, 0.1) is 15.6 Å². The molecule has 0 amide bonds. The largest absolute Gasteiger partial charge is 0.492 e. The summed E-state index contributed by atoms with van der Waals surface area (Å²) in [6, 6.07) is 13.4. The van der Waals surface area contributed by atoms with E-state index in [9.17, 15) is 0 Å². The Morgan fingerprint density at radius 1 is 1.18 bits per heavy atom. The maximum absolute atomic E-state index is 5.63. The molecule has 0 aromatic heterocycles. The summed E-state index contributed by atoms with van der Waals surface area (Å²) in [4.78, 5) is 0. The van der Waals surface area contributed by atoms with E-state index in [-0.39, 0.29) is 0 Å². The molecule has 116 valence electrons. The highest BCUT2D eigenvalue weighted by molar-refractivity contribution is 9.11. The van der Waals surface area contributed by atoms with Crippen molar-refractivity contribution in [3.8, 4) is 5.75 Å². The molecule has 3 rings (SSSR count). The van der Waals surface area contributed by atoms with Crippen LogP contribution in [0.1, 0.15) is 36.1 Å². The lowest BCUT2D eigenvalue weighted by atomic mass is 10.1. The minimum Gasteiger partial charge on any atom is -0.492 e. The van der Waals surface area contributed by atoms with Gasteiger partial charge >= 0.3 is 0 Å². The monoisotopic (exact) mass is 423 g/mol. The Morgan fingerprint density at radius 3 is 2.64 bits per heavy atom. The zero-order valence-corrected chi connectivity index (χ0v) is 15.7. The van der Waals surface area contributed by atoms with Crippen LogP contribution < -0.4 is 10.1 Å². The molecule has 0 spiro atoms. The Balaban J connectivity index is 1.70. The molecule has 1 N–H and O–H groups in total. The van der Waals surface area contributed by atoms with Crippen molar-refractivity contribution in [3.63, 3.8) is 0 Å². The predicted molar refractivity (Wildman–Crippen MR) is 97.4 cm³/mol. The topological polar surface area (TPSA) is 21.3 Å². The van der Waals surface area contributed by atoms with Gasteiger partial charge in [-0.15, -0.1) is 0 Å². The Hall–Kier alpha value is -0.840. The average molecular weight is 425 g/mol. The van der Waals surface area contributed by atoms with E-state index in [2.05, 4.69) is 73.6 Å². The van der Waals surface area contributed by atoms with E-state index in [4.69, 9.17) is 4.74 Å². The van der Waals surface area contributed by atoms with Gasteiger partial charge in [0, 0.05) is 12.6 Å². The van der Waals surface area contributed by atoms with Gasteiger partial charge in [0.15, 0.2) is 0 Å². The van der Waals surface area contributed by atoms with Crippen LogP contribution in [0.3, 0.4) is 0 Å². The van der Waals surface area contributed by atoms with E-state index in [0.717, 1.165) is 21.2 Å². The molecule has 22 heavy (non-hydrogen) atoms. The molecule has 0 heterocycles. The molecule has 0 radical (unpaired) electrons. The lowest BCUT2D eigenvalue weighted by Crippen LogP contribution is -2.18. The van der Waals surface area contributed by atoms with Crippen molar-refractivity contribution in [1.29, 1.82) is 0 Å². The maximum Gasteiger partial charge on any atom is 0.147 e. The zero-order chi connectivity index (χ0) is 15.5. The summed E-state index contributed by atoms with van der Waals surface area (Å²) < 4.78 is 7.62. The number of halogens is 2. The molecule has 1 aliphatic carbocycles. The molecule has 2 aromatic carbocycles. The second-order valence-electron chi connectivity index (χ2n) is 5.49. The quantitative estimate of drug-likeness (QED) is 0.694. The summed E-state index contributed by atoms with van der Waals surface area (Å²) in [6.07, 6.45) is 2.35. The molecule has 4 heteroatoms. The molecule has 0 saturated carbocycles. The molecule has 2 aromatic rings. The lowest BCUT2D eigenvalue weighted by Gasteiger charge is -2.16. The Kier molecular flexibility index (Phi) is 5.21. The second kappa shape index (κ2) is 7.16. The van der Waals surface area contributed by atoms with Gasteiger partial charge in [-0.25, -0.2) is 0 Å². The van der Waals surface area contributed by atoms with E-state index in [1.807, 2.05) is 6.92 Å². The van der Waals surface area contributed by atoms with Crippen molar-refractivity contribution >= 4 is 31.9 Å². The van der Waals surface area contributed by atoms with Gasteiger partial charge in [-0.2, -0.15) is 0 Å². The summed E-state index contributed by atoms with van der Waals surface area (Å²) in [6.45, 7) is 3.50. The minimum atomic E-state index is 0.459. The molecule has 0 bridgehead atoms. The molecule has 1 unspecified atom stereocenters. The second-order valence-corrected chi connectivity index (χ2v) is 7.20. The van der Waals surface area contributed by atoms with Crippen molar-refractivity contribution in [2.24, 2.45) is 0 Å². The smallest absolute Gasteiger partial charge is 0.147 e. The van der Waals surface area contributed by atoms with Gasteiger partial charge in [-0.1, -0.05) is 24.3 Å². The van der Waals surface area contributed by atoms with Crippen LogP contribution in [-0.4, -0.2) is 6.61 Å². The molecule has 1 aliphatic rings. The highest BCUT2D eigenvalue weighted by Gasteiger charge is 2.21. The van der Waals surface area contributed by atoms with E-state index in [1.54, 1.807) is 0 Å². The van der Waals surface area contributed by atoms with Crippen LogP contribution in [0.25, 0.3) is 0 Å². The summed E-state index contributed by atoms with van der Waals surface area (Å²) in [5.41, 5.74) is 4.17. The Bertz CT molecular complexity index is 649. The Labute approximate surface area is 148 Å². The van der Waals surface area contributed by atoms with Gasteiger partial charge in [-0.05, 0) is 80.4 Å². The fourth-order valence-electron chi connectivity index (χ4n) is 3.01. The minimum absolute atomic E-state index is 0.459. The Morgan fingerprint density at radius 2 is 1.91 bits per heavy atom. The highest BCUT2D eigenvalue weighted by atomic mass is 79.9. The molecule has 1 atom stereocenters. The number of fused-ring (bicyclic) bond motifs is 1. The number of benzene rings is 2. The fourth-order valence-corrected chi connectivity index (χ4v) is 4.52. The van der Waals surface area contributed by atoms with Gasteiger partial charge in [-0.3, -0.25) is 0 Å². The summed E-state index contributed by atoms with van der Waals surface area (Å²) >= 11 is 7.19. The van der Waals surface area contributed by atoms with E-state index < -0.39 is 0 Å². The van der Waals surface area contributed by atoms with E-state index >= 15 is 0 Å². The molecule has 0 saturated heterocycles. The summed E-state index contributed by atoms with van der Waals surface area (Å²) in [7, 11) is 0. The normalized spacial score (nSPS) is 16.6. The summed E-state index contributed by atoms with van der Waals surface area (Å²) in [5.74, 6) is 0.873. The molecular weight excluding hydrogens is 406 g/mol. The molecule has 0 fully saturated rings. The van der Waals surface area contributed by atoms with Gasteiger partial charge in [0.2, 0.25) is 0 Å². The first-order valence-electron chi connectivity index (χ1n) is 7.61. The van der Waals surface area contributed by atoms with Crippen LogP contribution in [-0.2, 0) is 13.0 Å². The van der Waals surface area contributed by atoms with Crippen LogP contribution in [0.2, 0.25) is 0 Å². The predicted octanol–water partition coefficient (Wildman–Crippen LogP) is 5.39. The van der Waals surface area contributed by atoms with Crippen molar-refractivity contribution in [3.05, 3.63) is 62.0 Å². The van der Waals surface area contributed by atoms with Crippen LogP contribution >= 0.6 is 31.9 Å². The maximum atomic E-state index is 5.63. The summed E-state index contributed by atoms with van der Waals surface area (Å²) in [5, 5.41) is 3.68. The van der Waals surface area contributed by atoms with Crippen molar-refractivity contribution in [2.75, 3.05) is 6.61 Å². The van der Waals surface area contributed by atoms with Crippen molar-refractivity contribution < 1.29 is 4.74 Å². The number of ether oxygens (including phenoxy) is 1. The van der Waals surface area contributed by atoms with Crippen LogP contribution in [0, 0.1) is 0 Å². The SMILES string of the molecule is CCOc1c(Br)cc(CNC2CCc3ccccc32)cc1Br. The first kappa shape index (κ1) is 16.0. The van der Waals surface area contributed by atoms with Gasteiger partial charge < -0.3 is 10.1 Å². The number of hydrogen-bond acceptors (Lipinski definition) is 2. The fraction of sp³-hybridized carbons (Fsp3) is 0.333. The first-order valence-corrected chi connectivity index (χ1v) is 9.19. The zero-order valence-electron chi connectivity index (χ0n) is 12.5. The average Bonchev–Trinajstić information content (AvgIpc) is 2.92. The number of rotatable bonds is 5. The molecular formula is C18H19Br2NO. The lowest BCUT2D eigenvalue weighted by molar-refractivity contribution is 0.336. The van der Waals surface area contributed by atoms with Crippen LogP contribution in [0.15, 0.2) is 45.3 Å². The number of aryl methyl sites for hydroxylation is 1. The van der Waals surface area contributed by atoms with Gasteiger partial charge in [0.25, 0.3) is 0 Å². The standard InChI is InChI=1S/C18H19Br2NO/c1-2-22-18-15(19)9-12(10-16(18)20)11-21-17-8-7-13-5-3-4-6-14(13)17/h3-6,9-10,17,21H,2,7-8,11H2,1H3.